The van der Waals surface area contributed by atoms with Gasteiger partial charge in [-0.3, -0.25) is 11.3 Å². The molecule has 0 amide bonds. The predicted octanol–water partition coefficient (Wildman–Crippen LogP) is 3.81. The molecule has 4 heteroatoms. The van der Waals surface area contributed by atoms with Crippen LogP contribution in [0.1, 0.15) is 30.9 Å². The highest BCUT2D eigenvalue weighted by Crippen LogP contribution is 2.26. The van der Waals surface area contributed by atoms with E-state index in [1.54, 1.807) is 0 Å². The largest absolute Gasteiger partial charge is 0.271 e. The number of halogens is 2. The fourth-order valence-corrected chi connectivity index (χ4v) is 2.47. The molecule has 1 aromatic carbocycles. The van der Waals surface area contributed by atoms with Crippen LogP contribution in [-0.4, -0.2) is 0 Å². The van der Waals surface area contributed by atoms with E-state index in [-0.39, 0.29) is 6.04 Å². The van der Waals surface area contributed by atoms with Crippen LogP contribution in [0.3, 0.4) is 0 Å². The lowest BCUT2D eigenvalue weighted by Crippen LogP contribution is -2.28. The summed E-state index contributed by atoms with van der Waals surface area (Å²) in [5.74, 6) is 5.58. The molecule has 0 heterocycles. The number of nitrogens with two attached hydrogens (primary N) is 1. The minimum Gasteiger partial charge on any atom is -0.271 e. The van der Waals surface area contributed by atoms with E-state index >= 15 is 0 Å². The first-order valence-corrected chi connectivity index (χ1v) is 6.66. The Bertz CT molecular complexity index is 355. The fraction of sp³-hybridized carbons (Fsp3) is 0.333. The zero-order valence-corrected chi connectivity index (χ0v) is 12.0. The molecule has 88 valence electrons. The second kappa shape index (κ2) is 7.27. The van der Waals surface area contributed by atoms with E-state index in [1.165, 1.54) is 9.13 Å². The van der Waals surface area contributed by atoms with Crippen molar-refractivity contribution in [1.82, 2.24) is 5.43 Å². The summed E-state index contributed by atoms with van der Waals surface area (Å²) in [7, 11) is 0. The lowest BCUT2D eigenvalue weighted by Gasteiger charge is -2.17. The van der Waals surface area contributed by atoms with Crippen LogP contribution in [0.2, 0.25) is 5.02 Å². The SMILES string of the molecule is C=CCCCC(NN)c1cc(Cl)ccc1I. The van der Waals surface area contributed by atoms with Gasteiger partial charge in [0.15, 0.2) is 0 Å². The van der Waals surface area contributed by atoms with Gasteiger partial charge in [0.1, 0.15) is 0 Å². The number of hydrazine groups is 1. The number of benzene rings is 1. The topological polar surface area (TPSA) is 38.0 Å². The summed E-state index contributed by atoms with van der Waals surface area (Å²) in [6.45, 7) is 3.71. The average Bonchev–Trinajstić information content (AvgIpc) is 2.28. The Morgan fingerprint density at radius 3 is 2.94 bits per heavy atom. The Balaban J connectivity index is 2.77. The van der Waals surface area contributed by atoms with Crippen molar-refractivity contribution in [2.24, 2.45) is 5.84 Å². The number of hydrogen-bond donors (Lipinski definition) is 2. The maximum Gasteiger partial charge on any atom is 0.0471 e. The van der Waals surface area contributed by atoms with Crippen molar-refractivity contribution in [3.8, 4) is 0 Å². The van der Waals surface area contributed by atoms with E-state index in [2.05, 4.69) is 34.6 Å². The summed E-state index contributed by atoms with van der Waals surface area (Å²) < 4.78 is 1.18. The third kappa shape index (κ3) is 4.05. The van der Waals surface area contributed by atoms with Crippen molar-refractivity contribution < 1.29 is 0 Å². The quantitative estimate of drug-likeness (QED) is 0.269. The van der Waals surface area contributed by atoms with Gasteiger partial charge >= 0.3 is 0 Å². The summed E-state index contributed by atoms with van der Waals surface area (Å²) in [5, 5.41) is 0.749. The van der Waals surface area contributed by atoms with Gasteiger partial charge in [0.05, 0.1) is 0 Å². The number of unbranched alkanes of at least 4 members (excludes halogenated alkanes) is 1. The van der Waals surface area contributed by atoms with E-state index in [0.29, 0.717) is 0 Å². The van der Waals surface area contributed by atoms with Gasteiger partial charge in [-0.2, -0.15) is 0 Å². The molecule has 0 bridgehead atoms. The molecule has 3 N–H and O–H groups in total. The van der Waals surface area contributed by atoms with Crippen LogP contribution in [0, 0.1) is 3.57 Å². The summed E-state index contributed by atoms with van der Waals surface area (Å²) in [4.78, 5) is 0. The molecule has 2 nitrogen and oxygen atoms in total. The molecule has 16 heavy (non-hydrogen) atoms. The van der Waals surface area contributed by atoms with E-state index in [4.69, 9.17) is 17.4 Å². The van der Waals surface area contributed by atoms with Gasteiger partial charge in [0.25, 0.3) is 0 Å². The Morgan fingerprint density at radius 2 is 2.31 bits per heavy atom. The zero-order chi connectivity index (χ0) is 12.0. The first-order valence-electron chi connectivity index (χ1n) is 5.21. The van der Waals surface area contributed by atoms with E-state index in [9.17, 15) is 0 Å². The Kier molecular flexibility index (Phi) is 6.34. The van der Waals surface area contributed by atoms with Crippen molar-refractivity contribution >= 4 is 34.2 Å². The summed E-state index contributed by atoms with van der Waals surface area (Å²) in [5.41, 5.74) is 4.01. The number of rotatable bonds is 6. The Labute approximate surface area is 115 Å². The van der Waals surface area contributed by atoms with Crippen molar-refractivity contribution in [3.05, 3.63) is 45.0 Å². The highest BCUT2D eigenvalue weighted by Gasteiger charge is 2.12. The highest BCUT2D eigenvalue weighted by molar-refractivity contribution is 14.1. The van der Waals surface area contributed by atoms with Gasteiger partial charge in [-0.15, -0.1) is 6.58 Å². The van der Waals surface area contributed by atoms with Gasteiger partial charge in [-0.25, -0.2) is 0 Å². The van der Waals surface area contributed by atoms with Gasteiger partial charge in [0.2, 0.25) is 0 Å². The minimum atomic E-state index is 0.158. The summed E-state index contributed by atoms with van der Waals surface area (Å²) >= 11 is 8.29. The van der Waals surface area contributed by atoms with Crippen molar-refractivity contribution in [2.75, 3.05) is 0 Å². The van der Waals surface area contributed by atoms with Crippen molar-refractivity contribution in [2.45, 2.75) is 25.3 Å². The smallest absolute Gasteiger partial charge is 0.0471 e. The maximum atomic E-state index is 5.99. The zero-order valence-electron chi connectivity index (χ0n) is 9.05. The normalized spacial score (nSPS) is 12.4. The molecule has 0 aliphatic rings. The van der Waals surface area contributed by atoms with E-state index in [0.717, 1.165) is 24.3 Å². The third-order valence-corrected chi connectivity index (χ3v) is 3.65. The van der Waals surface area contributed by atoms with Crippen LogP contribution in [0.15, 0.2) is 30.9 Å². The van der Waals surface area contributed by atoms with E-state index < -0.39 is 0 Å². The molecule has 1 atom stereocenters. The van der Waals surface area contributed by atoms with E-state index in [1.807, 2.05) is 24.3 Å². The molecule has 0 spiro atoms. The second-order valence-corrected chi connectivity index (χ2v) is 5.20. The van der Waals surface area contributed by atoms with Gasteiger partial charge in [-0.05, 0) is 65.6 Å². The molecule has 0 aromatic heterocycles. The standard InChI is InChI=1S/C12H16ClIN2/c1-2-3-4-5-12(16-15)10-8-9(13)6-7-11(10)14/h2,6-8,12,16H,1,3-5,15H2. The molecule has 0 aliphatic carbocycles. The lowest BCUT2D eigenvalue weighted by atomic mass is 10.0. The second-order valence-electron chi connectivity index (χ2n) is 3.60. The average molecular weight is 351 g/mol. The molecule has 0 fully saturated rings. The monoisotopic (exact) mass is 350 g/mol. The van der Waals surface area contributed by atoms with Crippen LogP contribution < -0.4 is 11.3 Å². The van der Waals surface area contributed by atoms with Crippen LogP contribution in [0.4, 0.5) is 0 Å². The van der Waals surface area contributed by atoms with Crippen molar-refractivity contribution in [3.63, 3.8) is 0 Å². The number of allylic oxidation sites excluding steroid dienone is 1. The van der Waals surface area contributed by atoms with Crippen LogP contribution >= 0.6 is 34.2 Å². The molecule has 0 radical (unpaired) electrons. The highest BCUT2D eigenvalue weighted by atomic mass is 127. The molecular formula is C12H16ClIN2. The predicted molar refractivity (Wildman–Crippen MR) is 78.3 cm³/mol. The number of hydrogen-bond acceptors (Lipinski definition) is 2. The molecule has 1 rings (SSSR count). The molecule has 0 saturated carbocycles. The first-order chi connectivity index (χ1) is 7.69. The minimum absolute atomic E-state index is 0.158. The number of nitrogens with one attached hydrogen (secondary N) is 1. The molecule has 0 saturated heterocycles. The maximum absolute atomic E-state index is 5.99. The molecule has 0 aliphatic heterocycles. The van der Waals surface area contributed by atoms with Gasteiger partial charge < -0.3 is 0 Å². The van der Waals surface area contributed by atoms with Crippen LogP contribution in [0.5, 0.6) is 0 Å². The van der Waals surface area contributed by atoms with Crippen LogP contribution in [0.25, 0.3) is 0 Å². The Hall–Kier alpha value is -0.100. The van der Waals surface area contributed by atoms with Gasteiger partial charge in [0, 0.05) is 14.6 Å². The third-order valence-electron chi connectivity index (χ3n) is 2.44. The molecule has 1 unspecified atom stereocenters. The summed E-state index contributed by atoms with van der Waals surface area (Å²) in [6, 6.07) is 6.03. The lowest BCUT2D eigenvalue weighted by molar-refractivity contribution is 0.499. The van der Waals surface area contributed by atoms with Gasteiger partial charge in [-0.1, -0.05) is 17.7 Å². The van der Waals surface area contributed by atoms with Crippen LogP contribution in [-0.2, 0) is 0 Å². The molecular weight excluding hydrogens is 335 g/mol. The summed E-state index contributed by atoms with van der Waals surface area (Å²) in [6.07, 6.45) is 4.99. The molecule has 1 aromatic rings. The Morgan fingerprint density at radius 1 is 1.56 bits per heavy atom. The van der Waals surface area contributed by atoms with Crippen molar-refractivity contribution in [1.29, 1.82) is 0 Å². The first kappa shape index (κ1) is 14.0. The fourth-order valence-electron chi connectivity index (χ4n) is 1.58.